The number of rotatable bonds is 4. The van der Waals surface area contributed by atoms with E-state index in [1.165, 1.54) is 12.1 Å². The van der Waals surface area contributed by atoms with Gasteiger partial charge in [-0.15, -0.1) is 0 Å². The van der Waals surface area contributed by atoms with Crippen molar-refractivity contribution in [3.8, 4) is 0 Å². The summed E-state index contributed by atoms with van der Waals surface area (Å²) in [5, 5.41) is 9.46. The van der Waals surface area contributed by atoms with E-state index < -0.39 is 11.9 Å². The van der Waals surface area contributed by atoms with Crippen molar-refractivity contribution in [3.05, 3.63) is 69.4 Å². The first-order chi connectivity index (χ1) is 9.49. The van der Waals surface area contributed by atoms with Gasteiger partial charge in [-0.2, -0.15) is 0 Å². The second-order valence-electron chi connectivity index (χ2n) is 4.69. The van der Waals surface area contributed by atoms with Crippen LogP contribution in [0.5, 0.6) is 0 Å². The van der Waals surface area contributed by atoms with Crippen molar-refractivity contribution >= 4 is 21.9 Å². The van der Waals surface area contributed by atoms with Gasteiger partial charge in [-0.3, -0.25) is 4.79 Å². The van der Waals surface area contributed by atoms with E-state index in [1.54, 1.807) is 18.2 Å². The molecule has 2 nitrogen and oxygen atoms in total. The van der Waals surface area contributed by atoms with Gasteiger partial charge in [0.1, 0.15) is 5.82 Å². The Hall–Kier alpha value is -1.68. The lowest BCUT2D eigenvalue weighted by Crippen LogP contribution is -2.15. The third-order valence-corrected chi connectivity index (χ3v) is 4.04. The number of carbonyl (C=O) groups is 1. The van der Waals surface area contributed by atoms with E-state index in [1.807, 2.05) is 19.1 Å². The second-order valence-corrected chi connectivity index (χ2v) is 5.54. The first-order valence-electron chi connectivity index (χ1n) is 6.21. The monoisotopic (exact) mass is 336 g/mol. The third kappa shape index (κ3) is 3.25. The Morgan fingerprint density at radius 1 is 1.30 bits per heavy atom. The smallest absolute Gasteiger partial charge is 0.311 e. The van der Waals surface area contributed by atoms with Crippen molar-refractivity contribution in [2.45, 2.75) is 19.3 Å². The van der Waals surface area contributed by atoms with Crippen molar-refractivity contribution in [2.24, 2.45) is 0 Å². The third-order valence-electron chi connectivity index (χ3n) is 3.31. The Bertz CT molecular complexity index is 640. The molecule has 4 heteroatoms. The van der Waals surface area contributed by atoms with Crippen molar-refractivity contribution in [1.82, 2.24) is 0 Å². The summed E-state index contributed by atoms with van der Waals surface area (Å²) in [5.41, 5.74) is 2.31. The molecule has 1 atom stereocenters. The Labute approximate surface area is 125 Å². The van der Waals surface area contributed by atoms with Gasteiger partial charge in [0.05, 0.1) is 5.92 Å². The number of hydrogen-bond donors (Lipinski definition) is 1. The van der Waals surface area contributed by atoms with Gasteiger partial charge in [-0.1, -0.05) is 40.2 Å². The summed E-state index contributed by atoms with van der Waals surface area (Å²) in [7, 11) is 0. The molecule has 0 saturated carbocycles. The van der Waals surface area contributed by atoms with Gasteiger partial charge in [0, 0.05) is 4.47 Å². The number of benzene rings is 2. The maximum Gasteiger partial charge on any atom is 0.311 e. The lowest BCUT2D eigenvalue weighted by Gasteiger charge is -2.16. The minimum absolute atomic E-state index is 0.265. The highest BCUT2D eigenvalue weighted by Gasteiger charge is 2.23. The average molecular weight is 337 g/mol. The molecule has 0 radical (unpaired) electrons. The number of hydrogen-bond acceptors (Lipinski definition) is 1. The summed E-state index contributed by atoms with van der Waals surface area (Å²) in [4.78, 5) is 11.5. The zero-order valence-corrected chi connectivity index (χ0v) is 12.5. The van der Waals surface area contributed by atoms with Gasteiger partial charge < -0.3 is 5.11 Å². The minimum atomic E-state index is -0.916. The SMILES string of the molecule is Cc1ccc(F)cc1CC(C(=O)O)c1ccccc1Br. The highest BCUT2D eigenvalue weighted by Crippen LogP contribution is 2.29. The van der Waals surface area contributed by atoms with Crippen LogP contribution in [0.4, 0.5) is 4.39 Å². The molecule has 0 saturated heterocycles. The van der Waals surface area contributed by atoms with Gasteiger partial charge in [0.2, 0.25) is 0 Å². The van der Waals surface area contributed by atoms with Gasteiger partial charge >= 0.3 is 5.97 Å². The number of halogens is 2. The molecule has 1 N–H and O–H groups in total. The highest BCUT2D eigenvalue weighted by atomic mass is 79.9. The van der Waals surface area contributed by atoms with Crippen LogP contribution in [0, 0.1) is 12.7 Å². The first-order valence-corrected chi connectivity index (χ1v) is 7.00. The molecular weight excluding hydrogens is 323 g/mol. The second kappa shape index (κ2) is 6.18. The molecule has 0 aliphatic rings. The maximum atomic E-state index is 13.3. The largest absolute Gasteiger partial charge is 0.481 e. The summed E-state index contributed by atoms with van der Waals surface area (Å²) >= 11 is 3.37. The van der Waals surface area contributed by atoms with Gasteiger partial charge in [-0.05, 0) is 48.2 Å². The number of carboxylic acids is 1. The van der Waals surface area contributed by atoms with Crippen LogP contribution < -0.4 is 0 Å². The lowest BCUT2D eigenvalue weighted by molar-refractivity contribution is -0.138. The summed E-state index contributed by atoms with van der Waals surface area (Å²) < 4.78 is 14.1. The summed E-state index contributed by atoms with van der Waals surface area (Å²) in [6.07, 6.45) is 0.265. The Morgan fingerprint density at radius 3 is 2.65 bits per heavy atom. The van der Waals surface area contributed by atoms with Gasteiger partial charge in [0.15, 0.2) is 0 Å². The molecule has 0 bridgehead atoms. The predicted molar refractivity (Wildman–Crippen MR) is 79.4 cm³/mol. The predicted octanol–water partition coefficient (Wildman–Crippen LogP) is 4.31. The zero-order valence-electron chi connectivity index (χ0n) is 10.9. The van der Waals surface area contributed by atoms with E-state index in [-0.39, 0.29) is 12.2 Å². The molecule has 2 aromatic carbocycles. The van der Waals surface area contributed by atoms with E-state index in [4.69, 9.17) is 0 Å². The Balaban J connectivity index is 2.38. The van der Waals surface area contributed by atoms with E-state index >= 15 is 0 Å². The van der Waals surface area contributed by atoms with E-state index in [9.17, 15) is 14.3 Å². The molecule has 1 unspecified atom stereocenters. The zero-order chi connectivity index (χ0) is 14.7. The maximum absolute atomic E-state index is 13.3. The molecule has 0 spiro atoms. The van der Waals surface area contributed by atoms with E-state index in [0.29, 0.717) is 11.1 Å². The fraction of sp³-hybridized carbons (Fsp3) is 0.188. The summed E-state index contributed by atoms with van der Waals surface area (Å²) in [6, 6.07) is 11.7. The van der Waals surface area contributed by atoms with Crippen molar-refractivity contribution in [2.75, 3.05) is 0 Å². The normalized spacial score (nSPS) is 12.2. The standard InChI is InChI=1S/C16H14BrFO2/c1-10-6-7-12(18)8-11(10)9-14(16(19)20)13-4-2-3-5-15(13)17/h2-8,14H,9H2,1H3,(H,19,20). The van der Waals surface area contributed by atoms with Crippen LogP contribution in [-0.2, 0) is 11.2 Å². The Kier molecular flexibility index (Phi) is 4.55. The summed E-state index contributed by atoms with van der Waals surface area (Å²) in [6.45, 7) is 1.85. The molecule has 2 rings (SSSR count). The molecular formula is C16H14BrFO2. The van der Waals surface area contributed by atoms with Crippen LogP contribution in [0.2, 0.25) is 0 Å². The fourth-order valence-electron chi connectivity index (χ4n) is 2.17. The van der Waals surface area contributed by atoms with Crippen molar-refractivity contribution in [3.63, 3.8) is 0 Å². The average Bonchev–Trinajstić information content (AvgIpc) is 2.40. The fourth-order valence-corrected chi connectivity index (χ4v) is 2.73. The quantitative estimate of drug-likeness (QED) is 0.903. The molecule has 20 heavy (non-hydrogen) atoms. The Morgan fingerprint density at radius 2 is 2.00 bits per heavy atom. The highest BCUT2D eigenvalue weighted by molar-refractivity contribution is 9.10. The van der Waals surface area contributed by atoms with E-state index in [2.05, 4.69) is 15.9 Å². The number of aliphatic carboxylic acids is 1. The van der Waals surface area contributed by atoms with E-state index in [0.717, 1.165) is 10.0 Å². The minimum Gasteiger partial charge on any atom is -0.481 e. The molecule has 0 aliphatic heterocycles. The molecule has 0 aliphatic carbocycles. The van der Waals surface area contributed by atoms with Crippen molar-refractivity contribution < 1.29 is 14.3 Å². The van der Waals surface area contributed by atoms with Crippen LogP contribution in [0.3, 0.4) is 0 Å². The van der Waals surface area contributed by atoms with Crippen LogP contribution in [0.1, 0.15) is 22.6 Å². The van der Waals surface area contributed by atoms with Gasteiger partial charge in [-0.25, -0.2) is 4.39 Å². The van der Waals surface area contributed by atoms with Crippen LogP contribution in [0.25, 0.3) is 0 Å². The van der Waals surface area contributed by atoms with Gasteiger partial charge in [0.25, 0.3) is 0 Å². The van der Waals surface area contributed by atoms with Crippen LogP contribution in [0.15, 0.2) is 46.9 Å². The first kappa shape index (κ1) is 14.7. The molecule has 0 amide bonds. The summed E-state index contributed by atoms with van der Waals surface area (Å²) in [5.74, 6) is -1.96. The lowest BCUT2D eigenvalue weighted by atomic mass is 9.90. The molecule has 0 fully saturated rings. The number of aryl methyl sites for hydroxylation is 1. The van der Waals surface area contributed by atoms with Crippen molar-refractivity contribution in [1.29, 1.82) is 0 Å². The number of carboxylic acid groups (broad SMARTS) is 1. The molecule has 104 valence electrons. The topological polar surface area (TPSA) is 37.3 Å². The molecule has 2 aromatic rings. The van der Waals surface area contributed by atoms with Crippen LogP contribution >= 0.6 is 15.9 Å². The van der Waals surface area contributed by atoms with Crippen LogP contribution in [-0.4, -0.2) is 11.1 Å². The molecule has 0 heterocycles. The molecule has 0 aromatic heterocycles.